The zero-order chi connectivity index (χ0) is 16.9. The number of thiophene rings is 1. The summed E-state index contributed by atoms with van der Waals surface area (Å²) in [5.74, 6) is -0.441. The second-order valence-corrected chi connectivity index (χ2v) is 5.81. The Balaban J connectivity index is 1.64. The Morgan fingerprint density at radius 2 is 1.92 bits per heavy atom. The largest absolute Gasteiger partial charge is 0.465 e. The Morgan fingerprint density at radius 1 is 1.17 bits per heavy atom. The summed E-state index contributed by atoms with van der Waals surface area (Å²) in [5, 5.41) is 12.2. The van der Waals surface area contributed by atoms with Crippen LogP contribution in [0.5, 0.6) is 0 Å². The Hall–Kier alpha value is -3.00. The van der Waals surface area contributed by atoms with Gasteiger partial charge in [0.05, 0.1) is 19.1 Å². The number of hydrogen-bond donors (Lipinski definition) is 1. The topological polar surface area (TPSA) is 94.3 Å². The van der Waals surface area contributed by atoms with Crippen molar-refractivity contribution in [3.05, 3.63) is 63.7 Å². The van der Waals surface area contributed by atoms with E-state index in [9.17, 15) is 9.59 Å². The molecule has 0 atom stereocenters. The van der Waals surface area contributed by atoms with Gasteiger partial charge >= 0.3 is 12.0 Å². The van der Waals surface area contributed by atoms with Crippen molar-refractivity contribution in [3.63, 3.8) is 0 Å². The fraction of sp³-hybridized carbons (Fsp3) is 0.125. The van der Waals surface area contributed by atoms with Crippen LogP contribution in [-0.2, 0) is 11.2 Å². The first-order valence-corrected chi connectivity index (χ1v) is 7.88. The molecular weight excluding hydrogens is 330 g/mol. The first-order chi connectivity index (χ1) is 11.7. The lowest BCUT2D eigenvalue weighted by Crippen LogP contribution is -2.12. The van der Waals surface area contributed by atoms with Gasteiger partial charge in [0.2, 0.25) is 5.89 Å². The van der Waals surface area contributed by atoms with Crippen LogP contribution >= 0.6 is 11.3 Å². The molecule has 7 nitrogen and oxygen atoms in total. The van der Waals surface area contributed by atoms with E-state index in [0.717, 1.165) is 4.88 Å². The minimum Gasteiger partial charge on any atom is -0.465 e. The number of methoxy groups -OCH3 is 1. The molecule has 3 aromatic rings. The monoisotopic (exact) mass is 343 g/mol. The molecule has 1 N–H and O–H groups in total. The molecule has 2 heterocycles. The van der Waals surface area contributed by atoms with E-state index in [4.69, 9.17) is 4.42 Å². The van der Waals surface area contributed by atoms with Crippen LogP contribution in [0.15, 0.2) is 46.2 Å². The van der Waals surface area contributed by atoms with Crippen LogP contribution < -0.4 is 5.32 Å². The Kier molecular flexibility index (Phi) is 4.66. The van der Waals surface area contributed by atoms with Crippen molar-refractivity contribution in [2.24, 2.45) is 0 Å². The maximum absolute atomic E-state index is 12.1. The first kappa shape index (κ1) is 15.9. The lowest BCUT2D eigenvalue weighted by Gasteiger charge is -2.02. The Bertz CT molecular complexity index is 841. The molecule has 0 unspecified atom stereocenters. The van der Waals surface area contributed by atoms with Crippen molar-refractivity contribution in [1.82, 2.24) is 10.2 Å². The SMILES string of the molecule is COC(=O)c1ccc(C(=O)Nc2nnc(Cc3cccs3)o2)cc1. The maximum atomic E-state index is 12.1. The number of hydrogen-bond acceptors (Lipinski definition) is 7. The molecular formula is C16H13N3O4S. The lowest BCUT2D eigenvalue weighted by molar-refractivity contribution is 0.0600. The van der Waals surface area contributed by atoms with Crippen LogP contribution in [0.2, 0.25) is 0 Å². The molecule has 24 heavy (non-hydrogen) atoms. The predicted octanol–water partition coefficient (Wildman–Crippen LogP) is 2.76. The quantitative estimate of drug-likeness (QED) is 0.716. The molecule has 8 heteroatoms. The van der Waals surface area contributed by atoms with Gasteiger partial charge in [0.1, 0.15) is 0 Å². The first-order valence-electron chi connectivity index (χ1n) is 7.00. The molecule has 0 spiro atoms. The molecule has 122 valence electrons. The number of rotatable bonds is 5. The van der Waals surface area contributed by atoms with E-state index in [1.54, 1.807) is 11.3 Å². The minimum absolute atomic E-state index is 0.0311. The highest BCUT2D eigenvalue weighted by Gasteiger charge is 2.13. The molecule has 0 saturated heterocycles. The summed E-state index contributed by atoms with van der Waals surface area (Å²) in [4.78, 5) is 24.6. The number of carbonyl (C=O) groups excluding carboxylic acids is 2. The van der Waals surface area contributed by atoms with E-state index in [2.05, 4.69) is 20.3 Å². The Morgan fingerprint density at radius 3 is 2.58 bits per heavy atom. The predicted molar refractivity (Wildman–Crippen MR) is 87.2 cm³/mol. The van der Waals surface area contributed by atoms with Crippen molar-refractivity contribution in [2.75, 3.05) is 12.4 Å². The molecule has 1 aromatic carbocycles. The van der Waals surface area contributed by atoms with Crippen LogP contribution in [0.1, 0.15) is 31.5 Å². The standard InChI is InChI=1S/C16H13N3O4S/c1-22-15(21)11-6-4-10(5-7-11)14(20)17-16-19-18-13(23-16)9-12-3-2-8-24-12/h2-8H,9H2,1H3,(H,17,19,20). The van der Waals surface area contributed by atoms with Crippen LogP contribution in [0, 0.1) is 0 Å². The molecule has 0 aliphatic carbocycles. The summed E-state index contributed by atoms with van der Waals surface area (Å²) in [6.45, 7) is 0. The third-order valence-electron chi connectivity index (χ3n) is 3.16. The number of amides is 1. The van der Waals surface area contributed by atoms with Crippen molar-refractivity contribution in [1.29, 1.82) is 0 Å². The Labute approximate surface area is 141 Å². The van der Waals surface area contributed by atoms with E-state index in [1.807, 2.05) is 17.5 Å². The number of ether oxygens (including phenoxy) is 1. The number of benzene rings is 1. The number of anilines is 1. The smallest absolute Gasteiger partial charge is 0.337 e. The van der Waals surface area contributed by atoms with E-state index in [-0.39, 0.29) is 6.01 Å². The summed E-state index contributed by atoms with van der Waals surface area (Å²) < 4.78 is 10.0. The lowest BCUT2D eigenvalue weighted by atomic mass is 10.1. The third-order valence-corrected chi connectivity index (χ3v) is 4.04. The van der Waals surface area contributed by atoms with Crippen LogP contribution in [0.25, 0.3) is 0 Å². The van der Waals surface area contributed by atoms with Crippen LogP contribution in [-0.4, -0.2) is 29.2 Å². The van der Waals surface area contributed by atoms with Gasteiger partial charge < -0.3 is 9.15 Å². The number of carbonyl (C=O) groups is 2. The van der Waals surface area contributed by atoms with Crippen molar-refractivity contribution >= 4 is 29.2 Å². The van der Waals surface area contributed by atoms with Crippen molar-refractivity contribution in [3.8, 4) is 0 Å². The summed E-state index contributed by atoms with van der Waals surface area (Å²) in [6.07, 6.45) is 0.522. The van der Waals surface area contributed by atoms with Gasteiger partial charge in [-0.1, -0.05) is 11.2 Å². The van der Waals surface area contributed by atoms with Crippen molar-refractivity contribution < 1.29 is 18.7 Å². The van der Waals surface area contributed by atoms with Gasteiger partial charge in [-0.25, -0.2) is 4.79 Å². The van der Waals surface area contributed by atoms with E-state index < -0.39 is 11.9 Å². The van der Waals surface area contributed by atoms with Gasteiger partial charge in [0.15, 0.2) is 0 Å². The minimum atomic E-state index is -0.461. The molecule has 0 aliphatic rings. The zero-order valence-electron chi connectivity index (χ0n) is 12.7. The highest BCUT2D eigenvalue weighted by Crippen LogP contribution is 2.16. The van der Waals surface area contributed by atoms with Crippen molar-refractivity contribution in [2.45, 2.75) is 6.42 Å². The normalized spacial score (nSPS) is 10.4. The highest BCUT2D eigenvalue weighted by atomic mass is 32.1. The highest BCUT2D eigenvalue weighted by molar-refractivity contribution is 7.09. The molecule has 0 bridgehead atoms. The molecule has 3 rings (SSSR count). The number of nitrogens with one attached hydrogen (secondary N) is 1. The molecule has 0 saturated carbocycles. The van der Waals surface area contributed by atoms with Gasteiger partial charge in [-0.15, -0.1) is 16.4 Å². The summed E-state index contributed by atoms with van der Waals surface area (Å²) in [5.41, 5.74) is 0.728. The van der Waals surface area contributed by atoms with Gasteiger partial charge in [-0.05, 0) is 35.7 Å². The fourth-order valence-electron chi connectivity index (χ4n) is 1.98. The van der Waals surface area contributed by atoms with Gasteiger partial charge in [-0.2, -0.15) is 0 Å². The van der Waals surface area contributed by atoms with Crippen LogP contribution in [0.4, 0.5) is 6.01 Å². The average molecular weight is 343 g/mol. The summed E-state index contributed by atoms with van der Waals surface area (Å²) >= 11 is 1.59. The summed E-state index contributed by atoms with van der Waals surface area (Å²) in [7, 11) is 1.30. The van der Waals surface area contributed by atoms with Gasteiger partial charge in [0, 0.05) is 10.4 Å². The number of nitrogens with zero attached hydrogens (tertiary/aromatic N) is 2. The van der Waals surface area contributed by atoms with E-state index >= 15 is 0 Å². The maximum Gasteiger partial charge on any atom is 0.337 e. The van der Waals surface area contributed by atoms with Gasteiger partial charge in [0.25, 0.3) is 5.91 Å². The fourth-order valence-corrected chi connectivity index (χ4v) is 2.68. The average Bonchev–Trinajstić information content (AvgIpc) is 3.27. The molecule has 0 aliphatic heterocycles. The molecule has 0 radical (unpaired) electrons. The number of esters is 1. The third kappa shape index (κ3) is 3.66. The molecule has 2 aromatic heterocycles. The van der Waals surface area contributed by atoms with Crippen LogP contribution in [0.3, 0.4) is 0 Å². The number of aromatic nitrogens is 2. The second-order valence-electron chi connectivity index (χ2n) is 4.78. The van der Waals surface area contributed by atoms with Gasteiger partial charge in [-0.3, -0.25) is 10.1 Å². The summed E-state index contributed by atoms with van der Waals surface area (Å²) in [6, 6.07) is 10.00. The zero-order valence-corrected chi connectivity index (χ0v) is 13.5. The van der Waals surface area contributed by atoms with E-state index in [1.165, 1.54) is 31.4 Å². The van der Waals surface area contributed by atoms with E-state index in [0.29, 0.717) is 23.4 Å². The molecule has 1 amide bonds. The second kappa shape index (κ2) is 7.05. The molecule has 0 fully saturated rings.